The zero-order chi connectivity index (χ0) is 22.8. The first-order valence-electron chi connectivity index (χ1n) is 12.1. The molecule has 2 heterocycles. The summed E-state index contributed by atoms with van der Waals surface area (Å²) in [4.78, 5) is 20.3. The maximum atomic E-state index is 13.3. The van der Waals surface area contributed by atoms with Crippen LogP contribution in [-0.2, 0) is 25.9 Å². The molecule has 2 aliphatic carbocycles. The molecule has 1 atom stereocenters. The predicted molar refractivity (Wildman–Crippen MR) is 133 cm³/mol. The Labute approximate surface area is 198 Å². The lowest BCUT2D eigenvalue weighted by Crippen LogP contribution is -2.34. The Kier molecular flexibility index (Phi) is 6.69. The minimum Gasteiger partial charge on any atom is -0.497 e. The van der Waals surface area contributed by atoms with E-state index in [1.807, 2.05) is 16.7 Å². The van der Waals surface area contributed by atoms with E-state index in [4.69, 9.17) is 14.5 Å². The van der Waals surface area contributed by atoms with Crippen molar-refractivity contribution in [1.29, 1.82) is 0 Å². The van der Waals surface area contributed by atoms with E-state index in [1.165, 1.54) is 42.5 Å². The average molecular weight is 468 g/mol. The number of nitrogens with one attached hydrogen (secondary N) is 1. The van der Waals surface area contributed by atoms with Crippen molar-refractivity contribution in [3.05, 3.63) is 50.9 Å². The molecule has 176 valence electrons. The molecule has 0 aliphatic heterocycles. The monoisotopic (exact) mass is 467 g/mol. The number of aromatic nitrogens is 2. The van der Waals surface area contributed by atoms with E-state index in [0.29, 0.717) is 12.0 Å². The smallest absolute Gasteiger partial charge is 0.262 e. The SMILES string of the molecule is COc1ccc(CNC2CCc3c(sc4ncn(CC5CCCCC5)c(=O)c34)C2)c(OC)c1. The van der Waals surface area contributed by atoms with Gasteiger partial charge in [0, 0.05) is 35.6 Å². The van der Waals surface area contributed by atoms with Crippen LogP contribution in [0.4, 0.5) is 0 Å². The summed E-state index contributed by atoms with van der Waals surface area (Å²) in [7, 11) is 3.35. The van der Waals surface area contributed by atoms with Crippen molar-refractivity contribution in [2.45, 2.75) is 70.5 Å². The summed E-state index contributed by atoms with van der Waals surface area (Å²) in [5.41, 5.74) is 2.52. The van der Waals surface area contributed by atoms with Gasteiger partial charge in [0.25, 0.3) is 5.56 Å². The molecule has 3 aromatic rings. The molecule has 1 N–H and O–H groups in total. The second-order valence-electron chi connectivity index (χ2n) is 9.39. The third-order valence-electron chi connectivity index (χ3n) is 7.29. The second kappa shape index (κ2) is 9.85. The number of hydrogen-bond donors (Lipinski definition) is 1. The number of hydrogen-bond acceptors (Lipinski definition) is 6. The Morgan fingerprint density at radius 1 is 1.15 bits per heavy atom. The molecule has 5 rings (SSSR count). The largest absolute Gasteiger partial charge is 0.497 e. The van der Waals surface area contributed by atoms with Crippen molar-refractivity contribution in [3.63, 3.8) is 0 Å². The Morgan fingerprint density at radius 3 is 2.79 bits per heavy atom. The van der Waals surface area contributed by atoms with E-state index in [0.717, 1.165) is 59.6 Å². The molecule has 7 heteroatoms. The van der Waals surface area contributed by atoms with Gasteiger partial charge >= 0.3 is 0 Å². The molecule has 6 nitrogen and oxygen atoms in total. The minimum absolute atomic E-state index is 0.164. The van der Waals surface area contributed by atoms with Crippen LogP contribution < -0.4 is 20.3 Å². The van der Waals surface area contributed by atoms with Crippen LogP contribution in [0.3, 0.4) is 0 Å². The van der Waals surface area contributed by atoms with E-state index < -0.39 is 0 Å². The molecule has 0 radical (unpaired) electrons. The van der Waals surface area contributed by atoms with Gasteiger partial charge in [-0.25, -0.2) is 4.98 Å². The average Bonchev–Trinajstić information content (AvgIpc) is 3.23. The Balaban J connectivity index is 1.30. The van der Waals surface area contributed by atoms with Crippen LogP contribution >= 0.6 is 11.3 Å². The molecular formula is C26H33N3O3S. The van der Waals surface area contributed by atoms with Gasteiger partial charge in [-0.2, -0.15) is 0 Å². The molecule has 0 amide bonds. The maximum Gasteiger partial charge on any atom is 0.262 e. The lowest BCUT2D eigenvalue weighted by molar-refractivity contribution is 0.315. The lowest BCUT2D eigenvalue weighted by Gasteiger charge is -2.24. The van der Waals surface area contributed by atoms with Crippen molar-refractivity contribution in [2.75, 3.05) is 14.2 Å². The van der Waals surface area contributed by atoms with Crippen LogP contribution in [0.1, 0.15) is 54.5 Å². The van der Waals surface area contributed by atoms with Crippen LogP contribution in [0.5, 0.6) is 11.5 Å². The van der Waals surface area contributed by atoms with Gasteiger partial charge in [0.2, 0.25) is 0 Å². The predicted octanol–water partition coefficient (Wildman–Crippen LogP) is 4.70. The quantitative estimate of drug-likeness (QED) is 0.546. The van der Waals surface area contributed by atoms with Gasteiger partial charge in [0.05, 0.1) is 25.9 Å². The number of nitrogens with zero attached hydrogens (tertiary/aromatic N) is 2. The van der Waals surface area contributed by atoms with Crippen LogP contribution in [0.25, 0.3) is 10.2 Å². The Bertz CT molecular complexity index is 1180. The molecule has 0 saturated heterocycles. The molecule has 0 bridgehead atoms. The molecule has 33 heavy (non-hydrogen) atoms. The first kappa shape index (κ1) is 22.4. The molecule has 1 fully saturated rings. The van der Waals surface area contributed by atoms with E-state index >= 15 is 0 Å². The standard InChI is InChI=1S/C26H33N3O3S/c1-31-20-10-8-18(22(13-20)32-2)14-27-19-9-11-21-23(12-19)33-25-24(21)26(30)29(16-28-25)15-17-6-4-3-5-7-17/h8,10,13,16-17,19,27H,3-7,9,11-12,14-15H2,1-2H3. The van der Waals surface area contributed by atoms with E-state index in [9.17, 15) is 4.79 Å². The first-order chi connectivity index (χ1) is 16.2. The van der Waals surface area contributed by atoms with Gasteiger partial charge in [-0.15, -0.1) is 11.3 Å². The van der Waals surface area contributed by atoms with Gasteiger partial charge in [-0.1, -0.05) is 25.3 Å². The van der Waals surface area contributed by atoms with Gasteiger partial charge in [-0.3, -0.25) is 9.36 Å². The van der Waals surface area contributed by atoms with Crippen molar-refractivity contribution in [2.24, 2.45) is 5.92 Å². The molecule has 2 aromatic heterocycles. The molecule has 0 spiro atoms. The topological polar surface area (TPSA) is 65.4 Å². The van der Waals surface area contributed by atoms with E-state index in [-0.39, 0.29) is 5.56 Å². The molecule has 1 aromatic carbocycles. The third kappa shape index (κ3) is 4.66. The van der Waals surface area contributed by atoms with Crippen molar-refractivity contribution in [3.8, 4) is 11.5 Å². The van der Waals surface area contributed by atoms with E-state index in [1.54, 1.807) is 31.9 Å². The number of benzene rings is 1. The highest BCUT2D eigenvalue weighted by Crippen LogP contribution is 2.34. The summed E-state index contributed by atoms with van der Waals surface area (Å²) >= 11 is 1.70. The van der Waals surface area contributed by atoms with Crippen molar-refractivity contribution < 1.29 is 9.47 Å². The van der Waals surface area contributed by atoms with Crippen molar-refractivity contribution in [1.82, 2.24) is 14.9 Å². The number of ether oxygens (including phenoxy) is 2. The zero-order valence-electron chi connectivity index (χ0n) is 19.6. The van der Waals surface area contributed by atoms with Crippen molar-refractivity contribution >= 4 is 21.6 Å². The molecule has 2 aliphatic rings. The fourth-order valence-corrected chi connectivity index (χ4v) is 6.66. The fourth-order valence-electron chi connectivity index (χ4n) is 5.41. The summed E-state index contributed by atoms with van der Waals surface area (Å²) in [6, 6.07) is 6.32. The zero-order valence-corrected chi connectivity index (χ0v) is 20.4. The molecule has 1 saturated carbocycles. The first-order valence-corrected chi connectivity index (χ1v) is 12.9. The normalized spacial score (nSPS) is 18.9. The van der Waals surface area contributed by atoms with Gasteiger partial charge < -0.3 is 14.8 Å². The summed E-state index contributed by atoms with van der Waals surface area (Å²) in [6.07, 6.45) is 11.1. The number of fused-ring (bicyclic) bond motifs is 3. The maximum absolute atomic E-state index is 13.3. The third-order valence-corrected chi connectivity index (χ3v) is 8.45. The lowest BCUT2D eigenvalue weighted by atomic mass is 9.89. The highest BCUT2D eigenvalue weighted by atomic mass is 32.1. The summed E-state index contributed by atoms with van der Waals surface area (Å²) < 4.78 is 12.7. The highest BCUT2D eigenvalue weighted by molar-refractivity contribution is 7.18. The van der Waals surface area contributed by atoms with Crippen LogP contribution in [0, 0.1) is 5.92 Å². The Hall–Kier alpha value is -2.38. The molecular weight excluding hydrogens is 434 g/mol. The number of thiophene rings is 1. The number of aryl methyl sites for hydroxylation is 1. The number of methoxy groups -OCH3 is 2. The van der Waals surface area contributed by atoms with Gasteiger partial charge in [0.1, 0.15) is 16.3 Å². The van der Waals surface area contributed by atoms with Crippen LogP contribution in [0.15, 0.2) is 29.3 Å². The summed E-state index contributed by atoms with van der Waals surface area (Å²) in [5.74, 6) is 2.25. The van der Waals surface area contributed by atoms with Gasteiger partial charge in [0.15, 0.2) is 0 Å². The van der Waals surface area contributed by atoms with Crippen LogP contribution in [-0.4, -0.2) is 29.8 Å². The Morgan fingerprint density at radius 2 is 2.00 bits per heavy atom. The minimum atomic E-state index is 0.164. The second-order valence-corrected chi connectivity index (χ2v) is 10.5. The fraction of sp³-hybridized carbons (Fsp3) is 0.538. The van der Waals surface area contributed by atoms with E-state index in [2.05, 4.69) is 11.4 Å². The summed E-state index contributed by atoms with van der Waals surface area (Å²) in [6.45, 7) is 1.56. The highest BCUT2D eigenvalue weighted by Gasteiger charge is 2.26. The molecule has 1 unspecified atom stereocenters. The number of rotatable bonds is 7. The van der Waals surface area contributed by atoms with Crippen LogP contribution in [0.2, 0.25) is 0 Å². The van der Waals surface area contributed by atoms with Gasteiger partial charge in [-0.05, 0) is 49.7 Å². The summed E-state index contributed by atoms with van der Waals surface area (Å²) in [5, 5.41) is 4.58.